The number of hydrogen-bond acceptors (Lipinski definition) is 6. The van der Waals surface area contributed by atoms with Gasteiger partial charge in [0.2, 0.25) is 0 Å². The number of ketones is 1. The standard InChI is InChI=1S/C30H32N4O6/c1-30(2,3)40-29(38)33-15-19(16-33)31-27(36)25-26(39-5)23-24(32(25)4)20-13-9-10-14-21(20)34(28(23)37)17-22(35)18-11-7-6-8-12-18/h6-14,19H,15-17H2,1-5H3,(H,31,36). The molecule has 1 fully saturated rings. The molecule has 208 valence electrons. The number of hydrogen-bond donors (Lipinski definition) is 1. The average Bonchev–Trinajstić information content (AvgIpc) is 3.20. The van der Waals surface area contributed by atoms with Crippen LogP contribution in [-0.4, -0.2) is 63.7 Å². The molecular weight excluding hydrogens is 512 g/mol. The Morgan fingerprint density at radius 1 is 1.00 bits per heavy atom. The number of nitrogens with zero attached hydrogens (tertiary/aromatic N) is 3. The number of rotatable bonds is 6. The van der Waals surface area contributed by atoms with Gasteiger partial charge in [0.1, 0.15) is 11.0 Å². The summed E-state index contributed by atoms with van der Waals surface area (Å²) in [5.41, 5.74) is 0.761. The van der Waals surface area contributed by atoms with Gasteiger partial charge in [0, 0.05) is 31.1 Å². The van der Waals surface area contributed by atoms with Gasteiger partial charge in [-0.1, -0.05) is 48.5 Å². The summed E-state index contributed by atoms with van der Waals surface area (Å²) in [5.74, 6) is -0.505. The highest BCUT2D eigenvalue weighted by Crippen LogP contribution is 2.35. The van der Waals surface area contributed by atoms with Crippen LogP contribution in [0.15, 0.2) is 59.4 Å². The summed E-state index contributed by atoms with van der Waals surface area (Å²) >= 11 is 0. The monoisotopic (exact) mass is 544 g/mol. The zero-order valence-electron chi connectivity index (χ0n) is 23.2. The Labute approximate surface area is 231 Å². The maximum atomic E-state index is 13.9. The fourth-order valence-electron chi connectivity index (χ4n) is 5.09. The van der Waals surface area contributed by atoms with Gasteiger partial charge in [0.05, 0.1) is 30.7 Å². The van der Waals surface area contributed by atoms with Gasteiger partial charge in [-0.25, -0.2) is 4.79 Å². The molecule has 1 N–H and O–H groups in total. The minimum absolute atomic E-state index is 0.134. The van der Waals surface area contributed by atoms with Crippen LogP contribution in [0, 0.1) is 0 Å². The number of pyridine rings is 1. The molecule has 2 aromatic carbocycles. The van der Waals surface area contributed by atoms with E-state index in [1.807, 2.05) is 18.2 Å². The molecule has 0 bridgehead atoms. The number of methoxy groups -OCH3 is 1. The molecule has 0 aliphatic carbocycles. The number of ether oxygens (including phenoxy) is 2. The third-order valence-electron chi connectivity index (χ3n) is 6.94. The van der Waals surface area contributed by atoms with Crippen molar-refractivity contribution in [3.05, 3.63) is 76.2 Å². The lowest BCUT2D eigenvalue weighted by Gasteiger charge is -2.39. The van der Waals surface area contributed by atoms with Crippen molar-refractivity contribution in [2.75, 3.05) is 20.2 Å². The van der Waals surface area contributed by atoms with Crippen molar-refractivity contribution < 1.29 is 23.9 Å². The van der Waals surface area contributed by atoms with Crippen LogP contribution in [0.5, 0.6) is 5.75 Å². The normalized spacial score (nSPS) is 13.8. The van der Waals surface area contributed by atoms with Gasteiger partial charge in [0.15, 0.2) is 17.2 Å². The summed E-state index contributed by atoms with van der Waals surface area (Å²) in [4.78, 5) is 54.3. The number of nitrogens with one attached hydrogen (secondary N) is 1. The maximum absolute atomic E-state index is 13.9. The first-order chi connectivity index (χ1) is 19.0. The Bertz CT molecular complexity index is 1690. The minimum atomic E-state index is -0.608. The number of carbonyl (C=O) groups excluding carboxylic acids is 3. The van der Waals surface area contributed by atoms with Gasteiger partial charge < -0.3 is 24.3 Å². The molecule has 1 saturated heterocycles. The lowest BCUT2D eigenvalue weighted by atomic mass is 10.1. The first kappa shape index (κ1) is 27.0. The molecule has 5 rings (SSSR count). The van der Waals surface area contributed by atoms with E-state index < -0.39 is 23.2 Å². The molecule has 2 amide bonds. The van der Waals surface area contributed by atoms with E-state index in [0.717, 1.165) is 0 Å². The Morgan fingerprint density at radius 2 is 1.65 bits per heavy atom. The molecule has 3 heterocycles. The van der Waals surface area contributed by atoms with Gasteiger partial charge in [-0.3, -0.25) is 19.0 Å². The summed E-state index contributed by atoms with van der Waals surface area (Å²) in [6.45, 7) is 5.85. The van der Waals surface area contributed by atoms with Crippen molar-refractivity contribution in [2.45, 2.75) is 39.0 Å². The van der Waals surface area contributed by atoms with Crippen LogP contribution >= 0.6 is 0 Å². The van der Waals surface area contributed by atoms with E-state index in [2.05, 4.69) is 5.32 Å². The maximum Gasteiger partial charge on any atom is 0.410 e. The van der Waals surface area contributed by atoms with E-state index in [9.17, 15) is 19.2 Å². The van der Waals surface area contributed by atoms with Crippen LogP contribution in [0.1, 0.15) is 41.6 Å². The van der Waals surface area contributed by atoms with E-state index in [-0.39, 0.29) is 35.2 Å². The van der Waals surface area contributed by atoms with Crippen LogP contribution in [0.2, 0.25) is 0 Å². The lowest BCUT2D eigenvalue weighted by molar-refractivity contribution is 0.00527. The molecule has 2 aromatic heterocycles. The van der Waals surface area contributed by atoms with Crippen molar-refractivity contribution in [3.8, 4) is 5.75 Å². The summed E-state index contributed by atoms with van der Waals surface area (Å²) < 4.78 is 14.1. The number of likely N-dealkylation sites (tertiary alicyclic amines) is 1. The quantitative estimate of drug-likeness (QED) is 0.370. The molecular formula is C30H32N4O6. The van der Waals surface area contributed by atoms with Crippen LogP contribution < -0.4 is 15.6 Å². The van der Waals surface area contributed by atoms with E-state index in [4.69, 9.17) is 9.47 Å². The van der Waals surface area contributed by atoms with Gasteiger partial charge >= 0.3 is 6.09 Å². The van der Waals surface area contributed by atoms with Gasteiger partial charge in [-0.15, -0.1) is 0 Å². The van der Waals surface area contributed by atoms with Crippen molar-refractivity contribution >= 4 is 39.6 Å². The van der Waals surface area contributed by atoms with Gasteiger partial charge in [0.25, 0.3) is 11.5 Å². The molecule has 1 aliphatic rings. The fourth-order valence-corrected chi connectivity index (χ4v) is 5.09. The van der Waals surface area contributed by atoms with Crippen LogP contribution in [-0.2, 0) is 18.3 Å². The first-order valence-electron chi connectivity index (χ1n) is 13.0. The first-order valence-corrected chi connectivity index (χ1v) is 13.0. The highest BCUT2D eigenvalue weighted by molar-refractivity contribution is 6.12. The Morgan fingerprint density at radius 3 is 2.30 bits per heavy atom. The second kappa shape index (κ2) is 10.2. The van der Waals surface area contributed by atoms with Crippen LogP contribution in [0.25, 0.3) is 21.8 Å². The Hall–Kier alpha value is -4.60. The number of Topliss-reactive ketones (excluding diaryl/α,β-unsaturated/α-hetero) is 1. The molecule has 10 nitrogen and oxygen atoms in total. The molecule has 1 aliphatic heterocycles. The van der Waals surface area contributed by atoms with E-state index >= 15 is 0 Å². The van der Waals surface area contributed by atoms with Crippen molar-refractivity contribution in [2.24, 2.45) is 7.05 Å². The molecule has 0 atom stereocenters. The summed E-state index contributed by atoms with van der Waals surface area (Å²) in [6.07, 6.45) is -0.433. The zero-order chi connectivity index (χ0) is 28.8. The number of benzene rings is 2. The smallest absolute Gasteiger partial charge is 0.410 e. The van der Waals surface area contributed by atoms with Crippen molar-refractivity contribution in [1.29, 1.82) is 0 Å². The Kier molecular flexibility index (Phi) is 6.87. The van der Waals surface area contributed by atoms with Crippen LogP contribution in [0.3, 0.4) is 0 Å². The second-order valence-electron chi connectivity index (χ2n) is 10.9. The molecule has 0 saturated carbocycles. The van der Waals surface area contributed by atoms with Crippen molar-refractivity contribution in [1.82, 2.24) is 19.4 Å². The molecule has 10 heteroatoms. The van der Waals surface area contributed by atoms with E-state index in [0.29, 0.717) is 35.1 Å². The van der Waals surface area contributed by atoms with Crippen molar-refractivity contribution in [3.63, 3.8) is 0 Å². The Balaban J connectivity index is 1.51. The highest BCUT2D eigenvalue weighted by Gasteiger charge is 2.36. The topological polar surface area (TPSA) is 112 Å². The van der Waals surface area contributed by atoms with Gasteiger partial charge in [-0.05, 0) is 26.8 Å². The summed E-state index contributed by atoms with van der Waals surface area (Å²) in [7, 11) is 3.12. The number of carbonyl (C=O) groups is 3. The number of amides is 2. The summed E-state index contributed by atoms with van der Waals surface area (Å²) in [6, 6.07) is 15.8. The minimum Gasteiger partial charge on any atom is -0.493 e. The predicted molar refractivity (Wildman–Crippen MR) is 151 cm³/mol. The average molecular weight is 545 g/mol. The molecule has 0 radical (unpaired) electrons. The molecule has 4 aromatic rings. The van der Waals surface area contributed by atoms with E-state index in [1.54, 1.807) is 68.8 Å². The number of aromatic nitrogens is 2. The number of aryl methyl sites for hydroxylation is 1. The SMILES string of the molecule is COc1c(C(=O)NC2CN(C(=O)OC(C)(C)C)C2)n(C)c2c1c(=O)n(CC(=O)c1ccccc1)c1ccccc21. The van der Waals surface area contributed by atoms with Crippen LogP contribution in [0.4, 0.5) is 4.79 Å². The second-order valence-corrected chi connectivity index (χ2v) is 10.9. The number of para-hydroxylation sites is 1. The largest absolute Gasteiger partial charge is 0.493 e. The summed E-state index contributed by atoms with van der Waals surface area (Å²) in [5, 5.41) is 3.87. The van der Waals surface area contributed by atoms with E-state index in [1.165, 1.54) is 16.6 Å². The number of fused-ring (bicyclic) bond motifs is 3. The molecule has 0 spiro atoms. The third-order valence-corrected chi connectivity index (χ3v) is 6.94. The molecule has 0 unspecified atom stereocenters. The zero-order valence-corrected chi connectivity index (χ0v) is 23.2. The third kappa shape index (κ3) is 4.81. The van der Waals surface area contributed by atoms with Gasteiger partial charge in [-0.2, -0.15) is 0 Å². The fraction of sp³-hybridized carbons (Fsp3) is 0.333. The highest BCUT2D eigenvalue weighted by atomic mass is 16.6. The molecule has 40 heavy (non-hydrogen) atoms. The predicted octanol–water partition coefficient (Wildman–Crippen LogP) is 3.73. The lowest BCUT2D eigenvalue weighted by Crippen LogP contribution is -2.61.